The van der Waals surface area contributed by atoms with Gasteiger partial charge in [0.25, 0.3) is 10.0 Å². The van der Waals surface area contributed by atoms with Gasteiger partial charge in [-0.1, -0.05) is 41.4 Å². The molecule has 0 aliphatic heterocycles. The lowest BCUT2D eigenvalue weighted by molar-refractivity contribution is -0.119. The van der Waals surface area contributed by atoms with Crippen molar-refractivity contribution in [2.75, 3.05) is 10.8 Å². The number of rotatable bonds is 7. The van der Waals surface area contributed by atoms with Crippen molar-refractivity contribution in [2.45, 2.75) is 25.3 Å². The van der Waals surface area contributed by atoms with E-state index in [9.17, 15) is 13.2 Å². The maximum absolute atomic E-state index is 13.4. The van der Waals surface area contributed by atoms with Crippen molar-refractivity contribution in [1.29, 1.82) is 0 Å². The molecule has 6 nitrogen and oxygen atoms in total. The smallest absolute Gasteiger partial charge is 0.264 e. The second-order valence-corrected chi connectivity index (χ2v) is 9.19. The summed E-state index contributed by atoms with van der Waals surface area (Å²) in [5.74, 6) is -0.436. The van der Waals surface area contributed by atoms with E-state index in [1.54, 1.807) is 55.7 Å². The molecule has 1 amide bonds. The minimum atomic E-state index is -3.99. The van der Waals surface area contributed by atoms with Crippen LogP contribution in [0.15, 0.2) is 71.9 Å². The highest BCUT2D eigenvalue weighted by atomic mass is 35.5. The highest BCUT2D eigenvalue weighted by Gasteiger charge is 2.28. The monoisotopic (exact) mass is 443 g/mol. The van der Waals surface area contributed by atoms with Crippen molar-refractivity contribution in [1.82, 2.24) is 10.3 Å². The number of amides is 1. The zero-order valence-electron chi connectivity index (χ0n) is 16.7. The van der Waals surface area contributed by atoms with Gasteiger partial charge in [-0.15, -0.1) is 0 Å². The molecule has 0 spiro atoms. The molecule has 3 aromatic rings. The first-order chi connectivity index (χ1) is 14.3. The quantitative estimate of drug-likeness (QED) is 0.601. The number of benzene rings is 2. The van der Waals surface area contributed by atoms with Gasteiger partial charge in [-0.2, -0.15) is 0 Å². The van der Waals surface area contributed by atoms with E-state index in [2.05, 4.69) is 10.3 Å². The van der Waals surface area contributed by atoms with Gasteiger partial charge in [0.2, 0.25) is 5.91 Å². The highest BCUT2D eigenvalue weighted by Crippen LogP contribution is 2.29. The van der Waals surface area contributed by atoms with Crippen LogP contribution in [0, 0.1) is 13.8 Å². The van der Waals surface area contributed by atoms with E-state index in [0.717, 1.165) is 15.4 Å². The number of anilines is 1. The summed E-state index contributed by atoms with van der Waals surface area (Å²) in [5, 5.41) is 3.13. The minimum absolute atomic E-state index is 0.104. The van der Waals surface area contributed by atoms with Crippen molar-refractivity contribution < 1.29 is 13.2 Å². The number of carbonyl (C=O) groups is 1. The van der Waals surface area contributed by atoms with Gasteiger partial charge >= 0.3 is 0 Å². The lowest BCUT2D eigenvalue weighted by Crippen LogP contribution is -2.41. The fourth-order valence-corrected chi connectivity index (χ4v) is 4.52. The van der Waals surface area contributed by atoms with Gasteiger partial charge in [-0.3, -0.25) is 14.1 Å². The van der Waals surface area contributed by atoms with Gasteiger partial charge in [-0.25, -0.2) is 8.42 Å². The number of carbonyl (C=O) groups excluding carboxylic acids is 1. The SMILES string of the molecule is Cc1ccc(S(=O)(=O)N(CC(=O)NCc2cccnc2)c2cc(Cl)ccc2C)cc1. The van der Waals surface area contributed by atoms with Crippen LogP contribution in [0.1, 0.15) is 16.7 Å². The number of pyridine rings is 1. The first-order valence-corrected chi connectivity index (χ1v) is 11.1. The standard InChI is InChI=1S/C22H22ClN3O3S/c1-16-5-9-20(10-6-16)30(28,29)26(21-12-19(23)8-7-17(21)2)15-22(27)25-14-18-4-3-11-24-13-18/h3-13H,14-15H2,1-2H3,(H,25,27). The van der Waals surface area contributed by atoms with Gasteiger partial charge < -0.3 is 5.32 Å². The minimum Gasteiger partial charge on any atom is -0.350 e. The highest BCUT2D eigenvalue weighted by molar-refractivity contribution is 7.92. The van der Waals surface area contributed by atoms with Crippen molar-refractivity contribution in [2.24, 2.45) is 0 Å². The number of hydrogen-bond donors (Lipinski definition) is 1. The Morgan fingerprint density at radius 1 is 1.10 bits per heavy atom. The Labute approximate surface area is 181 Å². The Morgan fingerprint density at radius 3 is 2.50 bits per heavy atom. The largest absolute Gasteiger partial charge is 0.350 e. The van der Waals surface area contributed by atoms with Gasteiger partial charge in [-0.05, 0) is 55.3 Å². The van der Waals surface area contributed by atoms with Gasteiger partial charge in [0.05, 0.1) is 10.6 Å². The van der Waals surface area contributed by atoms with E-state index < -0.39 is 15.9 Å². The third-order valence-electron chi connectivity index (χ3n) is 4.55. The topological polar surface area (TPSA) is 79.4 Å². The zero-order chi connectivity index (χ0) is 21.7. The molecular weight excluding hydrogens is 422 g/mol. The second-order valence-electron chi connectivity index (χ2n) is 6.89. The zero-order valence-corrected chi connectivity index (χ0v) is 18.2. The van der Waals surface area contributed by atoms with Gasteiger partial charge in [0.15, 0.2) is 0 Å². The van der Waals surface area contributed by atoms with Gasteiger partial charge in [0.1, 0.15) is 6.54 Å². The number of halogens is 1. The molecule has 1 heterocycles. The molecule has 0 saturated carbocycles. The van der Waals surface area contributed by atoms with Crippen molar-refractivity contribution >= 4 is 33.2 Å². The lowest BCUT2D eigenvalue weighted by atomic mass is 10.2. The molecule has 1 aromatic heterocycles. The number of sulfonamides is 1. The lowest BCUT2D eigenvalue weighted by Gasteiger charge is -2.26. The molecular formula is C22H22ClN3O3S. The Hall–Kier alpha value is -2.90. The van der Waals surface area contributed by atoms with E-state index in [-0.39, 0.29) is 18.0 Å². The molecule has 0 bridgehead atoms. The third kappa shape index (κ3) is 5.17. The molecule has 1 N–H and O–H groups in total. The molecule has 0 unspecified atom stereocenters. The van der Waals surface area contributed by atoms with Crippen LogP contribution in [-0.4, -0.2) is 25.9 Å². The number of aromatic nitrogens is 1. The fourth-order valence-electron chi connectivity index (χ4n) is 2.88. The Morgan fingerprint density at radius 2 is 1.83 bits per heavy atom. The van der Waals surface area contributed by atoms with E-state index in [1.165, 1.54) is 12.1 Å². The van der Waals surface area contributed by atoms with E-state index in [0.29, 0.717) is 16.3 Å². The first-order valence-electron chi connectivity index (χ1n) is 9.28. The normalized spacial score (nSPS) is 11.2. The molecule has 30 heavy (non-hydrogen) atoms. The first kappa shape index (κ1) is 21.8. The maximum Gasteiger partial charge on any atom is 0.264 e. The van der Waals surface area contributed by atoms with Crippen LogP contribution in [0.25, 0.3) is 0 Å². The summed E-state index contributed by atoms with van der Waals surface area (Å²) in [7, 11) is -3.99. The van der Waals surface area contributed by atoms with Crippen molar-refractivity contribution in [3.63, 3.8) is 0 Å². The molecule has 0 saturated heterocycles. The van der Waals surface area contributed by atoms with Crippen LogP contribution in [0.3, 0.4) is 0 Å². The molecule has 0 aliphatic carbocycles. The molecule has 0 aliphatic rings. The van der Waals surface area contributed by atoms with Crippen molar-refractivity contribution in [3.8, 4) is 0 Å². The predicted molar refractivity (Wildman–Crippen MR) is 118 cm³/mol. The predicted octanol–water partition coefficient (Wildman–Crippen LogP) is 3.86. The Bertz CT molecular complexity index is 1130. The summed E-state index contributed by atoms with van der Waals surface area (Å²) in [5.41, 5.74) is 2.81. The average molecular weight is 444 g/mol. The summed E-state index contributed by atoms with van der Waals surface area (Å²) in [6.07, 6.45) is 3.28. The summed E-state index contributed by atoms with van der Waals surface area (Å²) in [6, 6.07) is 15.1. The molecule has 0 atom stereocenters. The number of nitrogens with one attached hydrogen (secondary N) is 1. The van der Waals surface area contributed by atoms with Crippen LogP contribution in [0.2, 0.25) is 5.02 Å². The summed E-state index contributed by atoms with van der Waals surface area (Å²) in [6.45, 7) is 3.52. The van der Waals surface area contributed by atoms with Crippen LogP contribution >= 0.6 is 11.6 Å². The number of hydrogen-bond acceptors (Lipinski definition) is 4. The Balaban J connectivity index is 1.92. The number of nitrogens with zero attached hydrogens (tertiary/aromatic N) is 2. The molecule has 0 radical (unpaired) electrons. The summed E-state index contributed by atoms with van der Waals surface area (Å²) < 4.78 is 27.9. The van der Waals surface area contributed by atoms with Crippen molar-refractivity contribution in [3.05, 3.63) is 88.7 Å². The molecule has 2 aromatic carbocycles. The maximum atomic E-state index is 13.4. The second kappa shape index (κ2) is 9.28. The third-order valence-corrected chi connectivity index (χ3v) is 6.56. The molecule has 156 valence electrons. The summed E-state index contributed by atoms with van der Waals surface area (Å²) >= 11 is 6.13. The molecule has 8 heteroatoms. The van der Waals surface area contributed by atoms with Crippen LogP contribution in [-0.2, 0) is 21.4 Å². The van der Waals surface area contributed by atoms with E-state index in [1.807, 2.05) is 13.0 Å². The average Bonchev–Trinajstić information content (AvgIpc) is 2.73. The van der Waals surface area contributed by atoms with Gasteiger partial charge in [0, 0.05) is 24.0 Å². The number of aryl methyl sites for hydroxylation is 2. The van der Waals surface area contributed by atoms with Crippen LogP contribution in [0.5, 0.6) is 0 Å². The molecule has 0 fully saturated rings. The van der Waals surface area contributed by atoms with Crippen LogP contribution in [0.4, 0.5) is 5.69 Å². The Kier molecular flexibility index (Phi) is 6.74. The van der Waals surface area contributed by atoms with Crippen LogP contribution < -0.4 is 9.62 Å². The molecule has 3 rings (SSSR count). The summed E-state index contributed by atoms with van der Waals surface area (Å²) in [4.78, 5) is 16.8. The van der Waals surface area contributed by atoms with E-state index >= 15 is 0 Å². The fraction of sp³-hybridized carbons (Fsp3) is 0.182. The van der Waals surface area contributed by atoms with E-state index in [4.69, 9.17) is 11.6 Å².